The molecule has 0 spiro atoms. The van der Waals surface area contributed by atoms with Gasteiger partial charge in [0.2, 0.25) is 11.9 Å². The molecule has 1 amide bonds. The van der Waals surface area contributed by atoms with Crippen LogP contribution in [-0.4, -0.2) is 69.2 Å². The number of likely N-dealkylation sites (N-methyl/N-ethyl adjacent to an activating group) is 1. The number of nitrogens with zero attached hydrogens (tertiary/aromatic N) is 5. The second kappa shape index (κ2) is 9.40. The van der Waals surface area contributed by atoms with Crippen molar-refractivity contribution in [1.82, 2.24) is 30.4 Å². The molecule has 0 saturated carbocycles. The van der Waals surface area contributed by atoms with Crippen LogP contribution in [0.3, 0.4) is 0 Å². The smallest absolute Gasteiger partial charge is 0.234 e. The highest BCUT2D eigenvalue weighted by Gasteiger charge is 2.40. The first-order chi connectivity index (χ1) is 14.9. The Hall–Kier alpha value is -2.39. The number of H-pyrrole nitrogens is 1. The van der Waals surface area contributed by atoms with Gasteiger partial charge in [-0.05, 0) is 39.5 Å². The minimum absolute atomic E-state index is 0.119. The number of amides is 1. The lowest BCUT2D eigenvalue weighted by Crippen LogP contribution is -2.58. The lowest BCUT2D eigenvalue weighted by Gasteiger charge is -2.50. The summed E-state index contributed by atoms with van der Waals surface area (Å²) in [6.45, 7) is 5.07. The van der Waals surface area contributed by atoms with E-state index in [1.54, 1.807) is 6.07 Å². The maximum atomic E-state index is 12.2. The summed E-state index contributed by atoms with van der Waals surface area (Å²) in [5.41, 5.74) is 0.964. The summed E-state index contributed by atoms with van der Waals surface area (Å²) >= 11 is 6.31. The van der Waals surface area contributed by atoms with Gasteiger partial charge in [0.25, 0.3) is 0 Å². The molecule has 2 aliphatic heterocycles. The predicted molar refractivity (Wildman–Crippen MR) is 122 cm³/mol. The summed E-state index contributed by atoms with van der Waals surface area (Å²) in [5, 5.41) is 13.6. The van der Waals surface area contributed by atoms with Crippen molar-refractivity contribution in [2.75, 3.05) is 30.4 Å². The molecule has 3 atom stereocenters. The van der Waals surface area contributed by atoms with E-state index < -0.39 is 0 Å². The third-order valence-electron chi connectivity index (χ3n) is 6.31. The average molecular weight is 447 g/mol. The second-order valence-electron chi connectivity index (χ2n) is 8.54. The number of piperidine rings is 2. The summed E-state index contributed by atoms with van der Waals surface area (Å²) in [6.07, 6.45) is 5.46. The van der Waals surface area contributed by atoms with Gasteiger partial charge in [-0.2, -0.15) is 10.1 Å². The molecule has 2 bridgehead atoms. The number of carbonyl (C=O) groups excluding carboxylic acids is 1. The summed E-state index contributed by atoms with van der Waals surface area (Å²) < 4.78 is 0. The Bertz CT molecular complexity index is 905. The molecule has 4 heterocycles. The van der Waals surface area contributed by atoms with E-state index in [4.69, 9.17) is 11.6 Å². The molecule has 2 aliphatic rings. The van der Waals surface area contributed by atoms with E-state index in [0.29, 0.717) is 54.0 Å². The van der Waals surface area contributed by atoms with Gasteiger partial charge < -0.3 is 15.5 Å². The first-order valence-electron chi connectivity index (χ1n) is 11.0. The highest BCUT2D eigenvalue weighted by Crippen LogP contribution is 2.36. The largest absolute Gasteiger partial charge is 0.355 e. The lowest BCUT2D eigenvalue weighted by molar-refractivity contribution is -0.125. The van der Waals surface area contributed by atoms with Crippen molar-refractivity contribution in [2.24, 2.45) is 0 Å². The molecule has 31 heavy (non-hydrogen) atoms. The maximum absolute atomic E-state index is 12.2. The third-order valence-corrected chi connectivity index (χ3v) is 6.50. The molecule has 2 fully saturated rings. The van der Waals surface area contributed by atoms with Gasteiger partial charge in [-0.1, -0.05) is 18.0 Å². The Morgan fingerprint density at radius 2 is 2.00 bits per heavy atom. The number of anilines is 3. The summed E-state index contributed by atoms with van der Waals surface area (Å²) in [5.74, 6) is 2.02. The van der Waals surface area contributed by atoms with Gasteiger partial charge in [-0.3, -0.25) is 14.8 Å². The van der Waals surface area contributed by atoms with Crippen molar-refractivity contribution in [3.63, 3.8) is 0 Å². The number of fused-ring (bicyclic) bond motifs is 2. The summed E-state index contributed by atoms with van der Waals surface area (Å²) in [6, 6.07) is 4.73. The van der Waals surface area contributed by atoms with Gasteiger partial charge in [0, 0.05) is 49.5 Å². The number of carbonyl (C=O) groups is 1. The molecule has 0 aromatic carbocycles. The molecule has 10 heteroatoms. The Morgan fingerprint density at radius 1 is 1.26 bits per heavy atom. The quantitative estimate of drug-likeness (QED) is 0.562. The van der Waals surface area contributed by atoms with Crippen molar-refractivity contribution >= 4 is 35.1 Å². The molecule has 0 aliphatic carbocycles. The van der Waals surface area contributed by atoms with Crippen LogP contribution in [0, 0.1) is 6.92 Å². The van der Waals surface area contributed by atoms with Gasteiger partial charge in [-0.15, -0.1) is 0 Å². The number of nitrogens with one attached hydrogen (secondary N) is 3. The molecule has 4 rings (SSSR count). The topological polar surface area (TPSA) is 102 Å². The number of halogens is 1. The highest BCUT2D eigenvalue weighted by molar-refractivity contribution is 6.29. The first-order valence-corrected chi connectivity index (χ1v) is 11.4. The van der Waals surface area contributed by atoms with E-state index in [0.717, 1.165) is 31.4 Å². The van der Waals surface area contributed by atoms with Crippen LogP contribution in [0.2, 0.25) is 5.15 Å². The maximum Gasteiger partial charge on any atom is 0.234 e. The van der Waals surface area contributed by atoms with Gasteiger partial charge in [0.1, 0.15) is 11.0 Å². The molecular weight excluding hydrogens is 416 g/mol. The minimum Gasteiger partial charge on any atom is -0.355 e. The lowest BCUT2D eigenvalue weighted by atomic mass is 9.81. The zero-order valence-corrected chi connectivity index (χ0v) is 19.1. The highest BCUT2D eigenvalue weighted by atomic mass is 35.5. The van der Waals surface area contributed by atoms with Crippen LogP contribution < -0.4 is 15.5 Å². The van der Waals surface area contributed by atoms with Crippen LogP contribution in [0.4, 0.5) is 17.6 Å². The van der Waals surface area contributed by atoms with Crippen LogP contribution in [0.1, 0.15) is 44.7 Å². The zero-order valence-electron chi connectivity index (χ0n) is 18.4. The molecule has 0 radical (unpaired) electrons. The molecule has 168 valence electrons. The number of aryl methyl sites for hydroxylation is 1. The van der Waals surface area contributed by atoms with E-state index in [1.165, 1.54) is 6.42 Å². The van der Waals surface area contributed by atoms with E-state index >= 15 is 0 Å². The van der Waals surface area contributed by atoms with E-state index in [-0.39, 0.29) is 5.91 Å². The van der Waals surface area contributed by atoms with Crippen LogP contribution in [-0.2, 0) is 4.79 Å². The number of rotatable bonds is 7. The second-order valence-corrected chi connectivity index (χ2v) is 8.92. The molecule has 2 saturated heterocycles. The fourth-order valence-corrected chi connectivity index (χ4v) is 5.03. The van der Waals surface area contributed by atoms with Crippen molar-refractivity contribution in [3.05, 3.63) is 23.0 Å². The Labute approximate surface area is 188 Å². The first kappa shape index (κ1) is 21.8. The Morgan fingerprint density at radius 3 is 2.65 bits per heavy atom. The van der Waals surface area contributed by atoms with Gasteiger partial charge in [0.15, 0.2) is 5.82 Å². The number of hydrogen-bond acceptors (Lipinski definition) is 7. The fraction of sp³-hybridized carbons (Fsp3) is 0.619. The average Bonchev–Trinajstić information content (AvgIpc) is 3.11. The van der Waals surface area contributed by atoms with Crippen molar-refractivity contribution in [1.29, 1.82) is 0 Å². The molecule has 2 aromatic heterocycles. The van der Waals surface area contributed by atoms with Crippen LogP contribution in [0.5, 0.6) is 0 Å². The van der Waals surface area contributed by atoms with Crippen LogP contribution >= 0.6 is 11.6 Å². The van der Waals surface area contributed by atoms with Gasteiger partial charge in [0.05, 0.1) is 6.54 Å². The third kappa shape index (κ3) is 5.10. The van der Waals surface area contributed by atoms with Gasteiger partial charge >= 0.3 is 0 Å². The van der Waals surface area contributed by atoms with Crippen molar-refractivity contribution in [2.45, 2.75) is 64.1 Å². The SMILES string of the molecule is CCNC(=O)CN1[C@@H]2CCC[C@H]1CC(N(C)c1nc(Cl)cc(Nc3cc(C)[nH]n3)n1)C2. The molecule has 1 unspecified atom stereocenters. The predicted octanol–water partition coefficient (Wildman–Crippen LogP) is 2.86. The van der Waals surface area contributed by atoms with E-state index in [1.807, 2.05) is 27.0 Å². The Balaban J connectivity index is 1.47. The summed E-state index contributed by atoms with van der Waals surface area (Å²) in [7, 11) is 2.04. The van der Waals surface area contributed by atoms with Crippen LogP contribution in [0.25, 0.3) is 0 Å². The number of hydrogen-bond donors (Lipinski definition) is 3. The van der Waals surface area contributed by atoms with E-state index in [9.17, 15) is 4.79 Å². The van der Waals surface area contributed by atoms with Crippen molar-refractivity contribution < 1.29 is 4.79 Å². The normalized spacial score (nSPS) is 23.4. The zero-order chi connectivity index (χ0) is 22.0. The molecule has 3 N–H and O–H groups in total. The van der Waals surface area contributed by atoms with Gasteiger partial charge in [-0.25, -0.2) is 4.98 Å². The summed E-state index contributed by atoms with van der Waals surface area (Å²) in [4.78, 5) is 25.9. The molecule has 2 aromatic rings. The number of aromatic amines is 1. The fourth-order valence-electron chi connectivity index (χ4n) is 4.85. The van der Waals surface area contributed by atoms with E-state index in [2.05, 4.69) is 40.6 Å². The van der Waals surface area contributed by atoms with Crippen molar-refractivity contribution in [3.8, 4) is 0 Å². The molecular formula is C21H31ClN8O. The standard InChI is InChI=1S/C21H31ClN8O/c1-4-23-20(31)12-30-14-6-5-7-15(30)10-16(9-14)29(3)21-24-17(22)11-18(26-21)25-19-8-13(2)27-28-19/h8,11,14-16H,4-7,9-10,12H2,1-3H3,(H,23,31)(H2,24,25,26,27,28)/t14-,15+,16?. The minimum atomic E-state index is 0.119. The van der Waals surface area contributed by atoms with Crippen LogP contribution in [0.15, 0.2) is 12.1 Å². The monoisotopic (exact) mass is 446 g/mol. The Kier molecular flexibility index (Phi) is 6.62. The molecule has 9 nitrogen and oxygen atoms in total. The number of aromatic nitrogens is 4.